The van der Waals surface area contributed by atoms with Gasteiger partial charge in [-0.25, -0.2) is 4.98 Å². The predicted molar refractivity (Wildman–Crippen MR) is 113 cm³/mol. The smallest absolute Gasteiger partial charge is 0.251 e. The molecule has 0 saturated heterocycles. The normalized spacial score (nSPS) is 10.8. The molecule has 3 aromatic carbocycles. The average Bonchev–Trinajstić information content (AvgIpc) is 3.18. The Morgan fingerprint density at radius 2 is 1.90 bits per heavy atom. The van der Waals surface area contributed by atoms with Crippen LogP contribution in [0.4, 0.5) is 0 Å². The maximum Gasteiger partial charge on any atom is 0.251 e. The van der Waals surface area contributed by atoms with E-state index in [1.165, 1.54) is 0 Å². The number of amides is 1. The molecule has 29 heavy (non-hydrogen) atoms. The Morgan fingerprint density at radius 1 is 1.10 bits per heavy atom. The first-order valence-electron chi connectivity index (χ1n) is 9.29. The molecule has 4 aromatic rings. The first-order chi connectivity index (χ1) is 14.1. The zero-order valence-corrected chi connectivity index (χ0v) is 16.6. The number of carbonyl (C=O) groups excluding carboxylic acids is 1. The zero-order chi connectivity index (χ0) is 20.2. The third-order valence-electron chi connectivity index (χ3n) is 4.44. The molecule has 1 N–H and O–H groups in total. The Bertz CT molecular complexity index is 1120. The van der Waals surface area contributed by atoms with Crippen LogP contribution < -0.4 is 10.1 Å². The van der Waals surface area contributed by atoms with Crippen LogP contribution in [0.5, 0.6) is 5.75 Å². The number of carbonyl (C=O) groups is 1. The van der Waals surface area contributed by atoms with Crippen LogP contribution in [-0.2, 0) is 6.54 Å². The molecule has 6 heteroatoms. The minimum absolute atomic E-state index is 0.196. The molecule has 0 aliphatic rings. The summed E-state index contributed by atoms with van der Waals surface area (Å²) in [6.45, 7) is 2.80. The van der Waals surface area contributed by atoms with Crippen molar-refractivity contribution in [2.24, 2.45) is 0 Å². The molecule has 0 aliphatic heterocycles. The maximum atomic E-state index is 12.4. The number of aromatic nitrogens is 1. The van der Waals surface area contributed by atoms with Gasteiger partial charge in [0.25, 0.3) is 5.91 Å². The number of para-hydroxylation sites is 2. The van der Waals surface area contributed by atoms with Crippen LogP contribution in [0.1, 0.15) is 22.8 Å². The van der Waals surface area contributed by atoms with Crippen LogP contribution in [0, 0.1) is 0 Å². The van der Waals surface area contributed by atoms with Crippen molar-refractivity contribution in [3.8, 4) is 17.2 Å². The van der Waals surface area contributed by atoms with Crippen LogP contribution in [0.15, 0.2) is 71.1 Å². The minimum atomic E-state index is -0.196. The summed E-state index contributed by atoms with van der Waals surface area (Å²) in [6.07, 6.45) is 0. The summed E-state index contributed by atoms with van der Waals surface area (Å²) in [7, 11) is 0. The van der Waals surface area contributed by atoms with E-state index >= 15 is 0 Å². The van der Waals surface area contributed by atoms with Crippen LogP contribution in [-0.4, -0.2) is 17.5 Å². The average molecular weight is 407 g/mol. The van der Waals surface area contributed by atoms with Gasteiger partial charge in [-0.15, -0.1) is 0 Å². The molecular weight excluding hydrogens is 388 g/mol. The fourth-order valence-electron chi connectivity index (χ4n) is 2.96. The van der Waals surface area contributed by atoms with Crippen LogP contribution >= 0.6 is 11.6 Å². The highest BCUT2D eigenvalue weighted by atomic mass is 35.5. The number of hydrogen-bond acceptors (Lipinski definition) is 4. The van der Waals surface area contributed by atoms with Gasteiger partial charge in [-0.05, 0) is 55.0 Å². The summed E-state index contributed by atoms with van der Waals surface area (Å²) >= 11 is 6.15. The van der Waals surface area contributed by atoms with E-state index in [4.69, 9.17) is 20.8 Å². The van der Waals surface area contributed by atoms with Crippen molar-refractivity contribution in [3.63, 3.8) is 0 Å². The van der Waals surface area contributed by atoms with E-state index < -0.39 is 0 Å². The summed E-state index contributed by atoms with van der Waals surface area (Å²) in [6, 6.07) is 20.4. The molecule has 0 radical (unpaired) electrons. The van der Waals surface area contributed by atoms with Gasteiger partial charge in [0.2, 0.25) is 5.89 Å². The Hall–Kier alpha value is -3.31. The number of oxazole rings is 1. The van der Waals surface area contributed by atoms with Gasteiger partial charge in [0.1, 0.15) is 11.3 Å². The van der Waals surface area contributed by atoms with E-state index in [-0.39, 0.29) is 5.91 Å². The first kappa shape index (κ1) is 19.0. The molecule has 4 rings (SSSR count). The summed E-state index contributed by atoms with van der Waals surface area (Å²) < 4.78 is 11.2. The topological polar surface area (TPSA) is 64.4 Å². The molecule has 0 aliphatic carbocycles. The number of halogens is 1. The van der Waals surface area contributed by atoms with Gasteiger partial charge < -0.3 is 14.5 Å². The lowest BCUT2D eigenvalue weighted by atomic mass is 10.1. The molecule has 5 nitrogen and oxygen atoms in total. The van der Waals surface area contributed by atoms with E-state index in [1.807, 2.05) is 55.5 Å². The minimum Gasteiger partial charge on any atom is -0.492 e. The molecule has 1 heterocycles. The second kappa shape index (κ2) is 8.37. The Balaban J connectivity index is 1.41. The van der Waals surface area contributed by atoms with Gasteiger partial charge in [-0.1, -0.05) is 35.9 Å². The van der Waals surface area contributed by atoms with E-state index in [1.54, 1.807) is 18.2 Å². The highest BCUT2D eigenvalue weighted by Gasteiger charge is 2.10. The van der Waals surface area contributed by atoms with Crippen LogP contribution in [0.3, 0.4) is 0 Å². The lowest BCUT2D eigenvalue weighted by molar-refractivity contribution is 0.0951. The highest BCUT2D eigenvalue weighted by molar-refractivity contribution is 6.32. The fourth-order valence-corrected chi connectivity index (χ4v) is 3.19. The lowest BCUT2D eigenvalue weighted by Gasteiger charge is -2.09. The SMILES string of the molecule is CCOc1ccc(C(=O)NCc2ccc(-c3nc4ccccc4o3)cc2)cc1Cl. The van der Waals surface area contributed by atoms with Crippen LogP contribution in [0.25, 0.3) is 22.6 Å². The van der Waals surface area contributed by atoms with E-state index in [0.717, 1.165) is 22.2 Å². The lowest BCUT2D eigenvalue weighted by Crippen LogP contribution is -2.22. The number of ether oxygens (including phenoxy) is 1. The molecule has 0 unspecified atom stereocenters. The quantitative estimate of drug-likeness (QED) is 0.460. The standard InChI is InChI=1S/C23H19ClN2O3/c1-2-28-20-12-11-17(13-18(20)24)22(27)25-14-15-7-9-16(10-8-15)23-26-19-5-3-4-6-21(19)29-23/h3-13H,2,14H2,1H3,(H,25,27). The van der Waals surface area contributed by atoms with E-state index in [9.17, 15) is 4.79 Å². The van der Waals surface area contributed by atoms with Gasteiger partial charge in [0.05, 0.1) is 11.6 Å². The Labute approximate surface area is 173 Å². The van der Waals surface area contributed by atoms with Gasteiger partial charge in [-0.2, -0.15) is 0 Å². The Kier molecular flexibility index (Phi) is 5.49. The largest absolute Gasteiger partial charge is 0.492 e. The van der Waals surface area contributed by atoms with Crippen LogP contribution in [0.2, 0.25) is 5.02 Å². The monoisotopic (exact) mass is 406 g/mol. The van der Waals surface area contributed by atoms with Gasteiger partial charge in [0, 0.05) is 17.7 Å². The van der Waals surface area contributed by atoms with Gasteiger partial charge >= 0.3 is 0 Å². The second-order valence-electron chi connectivity index (χ2n) is 6.44. The third kappa shape index (κ3) is 4.25. The number of nitrogens with zero attached hydrogens (tertiary/aromatic N) is 1. The molecule has 0 spiro atoms. The summed E-state index contributed by atoms with van der Waals surface area (Å²) in [5.41, 5.74) is 3.92. The third-order valence-corrected chi connectivity index (χ3v) is 4.74. The second-order valence-corrected chi connectivity index (χ2v) is 6.85. The molecule has 0 fully saturated rings. The van der Waals surface area contributed by atoms with E-state index in [0.29, 0.717) is 35.4 Å². The van der Waals surface area contributed by atoms with Crippen molar-refractivity contribution >= 4 is 28.6 Å². The number of hydrogen-bond donors (Lipinski definition) is 1. The number of rotatable bonds is 6. The van der Waals surface area contributed by atoms with Crippen molar-refractivity contribution < 1.29 is 13.9 Å². The molecule has 0 bridgehead atoms. The van der Waals surface area contributed by atoms with Crippen molar-refractivity contribution in [2.45, 2.75) is 13.5 Å². The molecule has 0 atom stereocenters. The van der Waals surface area contributed by atoms with Crippen molar-refractivity contribution in [1.29, 1.82) is 0 Å². The number of fused-ring (bicyclic) bond motifs is 1. The molecule has 1 aromatic heterocycles. The van der Waals surface area contributed by atoms with Crippen molar-refractivity contribution in [3.05, 3.63) is 82.9 Å². The van der Waals surface area contributed by atoms with Gasteiger partial charge in [-0.3, -0.25) is 4.79 Å². The summed E-state index contributed by atoms with van der Waals surface area (Å²) in [4.78, 5) is 16.9. The molecule has 146 valence electrons. The first-order valence-corrected chi connectivity index (χ1v) is 9.67. The predicted octanol–water partition coefficient (Wildman–Crippen LogP) is 5.48. The number of nitrogens with one attached hydrogen (secondary N) is 1. The summed E-state index contributed by atoms with van der Waals surface area (Å²) in [5.74, 6) is 0.948. The van der Waals surface area contributed by atoms with Crippen molar-refractivity contribution in [2.75, 3.05) is 6.61 Å². The highest BCUT2D eigenvalue weighted by Crippen LogP contribution is 2.26. The fraction of sp³-hybridized carbons (Fsp3) is 0.130. The van der Waals surface area contributed by atoms with E-state index in [2.05, 4.69) is 10.3 Å². The molecule has 0 saturated carbocycles. The maximum absolute atomic E-state index is 12.4. The zero-order valence-electron chi connectivity index (χ0n) is 15.8. The molecule has 1 amide bonds. The Morgan fingerprint density at radius 3 is 2.62 bits per heavy atom. The number of benzene rings is 3. The van der Waals surface area contributed by atoms with Crippen molar-refractivity contribution in [1.82, 2.24) is 10.3 Å². The van der Waals surface area contributed by atoms with Gasteiger partial charge in [0.15, 0.2) is 5.58 Å². The summed E-state index contributed by atoms with van der Waals surface area (Å²) in [5, 5.41) is 3.32. The molecular formula is C23H19ClN2O3.